The summed E-state index contributed by atoms with van der Waals surface area (Å²) in [7, 11) is 1.87. The monoisotopic (exact) mass is 281 g/mol. The van der Waals surface area contributed by atoms with Gasteiger partial charge in [0.1, 0.15) is 5.82 Å². The van der Waals surface area contributed by atoms with E-state index in [-0.39, 0.29) is 5.82 Å². The second kappa shape index (κ2) is 5.61. The zero-order valence-corrected chi connectivity index (χ0v) is 12.1. The molecule has 3 nitrogen and oxygen atoms in total. The minimum Gasteiger partial charge on any atom is -0.379 e. The van der Waals surface area contributed by atoms with Gasteiger partial charge in [0.25, 0.3) is 0 Å². The number of nitrogens with zero attached hydrogens (tertiary/aromatic N) is 2. The normalized spacial score (nSPS) is 10.8. The van der Waals surface area contributed by atoms with Crippen LogP contribution in [0.2, 0.25) is 5.02 Å². The van der Waals surface area contributed by atoms with Gasteiger partial charge in [-0.2, -0.15) is 5.10 Å². The fourth-order valence-corrected chi connectivity index (χ4v) is 2.38. The van der Waals surface area contributed by atoms with E-state index < -0.39 is 0 Å². The van der Waals surface area contributed by atoms with Crippen LogP contribution in [0.3, 0.4) is 0 Å². The Balaban J connectivity index is 2.16. The van der Waals surface area contributed by atoms with Crippen molar-refractivity contribution in [3.8, 4) is 0 Å². The molecule has 0 spiro atoms. The van der Waals surface area contributed by atoms with E-state index in [1.165, 1.54) is 12.1 Å². The van der Waals surface area contributed by atoms with Gasteiger partial charge in [-0.3, -0.25) is 4.68 Å². The first-order valence-corrected chi connectivity index (χ1v) is 6.61. The van der Waals surface area contributed by atoms with E-state index in [1.807, 2.05) is 20.9 Å². The van der Waals surface area contributed by atoms with Crippen molar-refractivity contribution < 1.29 is 4.39 Å². The van der Waals surface area contributed by atoms with Crippen LogP contribution in [0, 0.1) is 12.7 Å². The van der Waals surface area contributed by atoms with Crippen LogP contribution in [0.4, 0.5) is 10.1 Å². The van der Waals surface area contributed by atoms with Crippen LogP contribution < -0.4 is 5.32 Å². The van der Waals surface area contributed by atoms with Crippen molar-refractivity contribution in [3.63, 3.8) is 0 Å². The molecule has 5 heteroatoms. The van der Waals surface area contributed by atoms with E-state index in [0.717, 1.165) is 29.1 Å². The number of nitrogens with one attached hydrogen (secondary N) is 1. The highest BCUT2D eigenvalue weighted by Crippen LogP contribution is 2.23. The Labute approximate surface area is 117 Å². The minimum atomic E-state index is -0.227. The zero-order chi connectivity index (χ0) is 14.0. The molecule has 102 valence electrons. The number of rotatable bonds is 4. The lowest BCUT2D eigenvalue weighted by Gasteiger charge is -2.10. The molecule has 1 aromatic heterocycles. The van der Waals surface area contributed by atoms with Crippen LogP contribution in [-0.4, -0.2) is 9.78 Å². The lowest BCUT2D eigenvalue weighted by Crippen LogP contribution is -2.06. The maximum Gasteiger partial charge on any atom is 0.123 e. The third-order valence-electron chi connectivity index (χ3n) is 3.14. The minimum absolute atomic E-state index is 0.227. The largest absolute Gasteiger partial charge is 0.379 e. The number of hydrogen-bond donors (Lipinski definition) is 1. The predicted octanol–water partition coefficient (Wildman–Crippen LogP) is 3.70. The first-order valence-electron chi connectivity index (χ1n) is 6.23. The van der Waals surface area contributed by atoms with Crippen molar-refractivity contribution in [3.05, 3.63) is 46.0 Å². The third kappa shape index (κ3) is 2.89. The molecule has 2 rings (SSSR count). The summed E-state index contributed by atoms with van der Waals surface area (Å²) in [6.07, 6.45) is 0.808. The van der Waals surface area contributed by atoms with E-state index in [2.05, 4.69) is 10.4 Å². The van der Waals surface area contributed by atoms with Gasteiger partial charge in [-0.15, -0.1) is 0 Å². The molecule has 2 aromatic rings. The van der Waals surface area contributed by atoms with Gasteiger partial charge in [-0.05, 0) is 37.1 Å². The maximum absolute atomic E-state index is 13.0. The Bertz CT molecular complexity index is 593. The Kier molecular flexibility index (Phi) is 4.10. The van der Waals surface area contributed by atoms with Gasteiger partial charge < -0.3 is 5.32 Å². The maximum atomic E-state index is 13.0. The molecule has 0 aliphatic rings. The van der Waals surface area contributed by atoms with Crippen LogP contribution >= 0.6 is 11.6 Å². The van der Waals surface area contributed by atoms with Gasteiger partial charge in [0, 0.05) is 12.7 Å². The van der Waals surface area contributed by atoms with Crippen LogP contribution in [-0.2, 0) is 20.0 Å². The highest BCUT2D eigenvalue weighted by atomic mass is 35.5. The highest BCUT2D eigenvalue weighted by Gasteiger charge is 2.12. The molecule has 0 atom stereocenters. The predicted molar refractivity (Wildman–Crippen MR) is 76.1 cm³/mol. The van der Waals surface area contributed by atoms with Crippen LogP contribution in [0.15, 0.2) is 18.2 Å². The Morgan fingerprint density at radius 2 is 2.16 bits per heavy atom. The van der Waals surface area contributed by atoms with Gasteiger partial charge in [0.15, 0.2) is 0 Å². The van der Waals surface area contributed by atoms with Crippen molar-refractivity contribution in [2.75, 3.05) is 5.32 Å². The molecular formula is C14H17ClFN3. The quantitative estimate of drug-likeness (QED) is 0.926. The summed E-state index contributed by atoms with van der Waals surface area (Å²) in [5.41, 5.74) is 3.60. The third-order valence-corrected chi connectivity index (χ3v) is 3.57. The number of benzene rings is 1. The fourth-order valence-electron chi connectivity index (χ4n) is 2.02. The summed E-state index contributed by atoms with van der Waals surface area (Å²) in [5.74, 6) is -0.227. The summed E-state index contributed by atoms with van der Waals surface area (Å²) in [5, 5.41) is 8.33. The Hall–Kier alpha value is -1.55. The molecule has 0 aliphatic heterocycles. The number of anilines is 1. The summed E-state index contributed by atoms with van der Waals surface area (Å²) < 4.78 is 14.8. The number of aryl methyl sites for hydroxylation is 3. The highest BCUT2D eigenvalue weighted by molar-refractivity contribution is 6.31. The molecule has 0 radical (unpaired) electrons. The lowest BCUT2D eigenvalue weighted by atomic mass is 10.2. The average molecular weight is 282 g/mol. The number of halogens is 2. The molecule has 19 heavy (non-hydrogen) atoms. The zero-order valence-electron chi connectivity index (χ0n) is 11.3. The van der Waals surface area contributed by atoms with Crippen molar-refractivity contribution >= 4 is 17.3 Å². The van der Waals surface area contributed by atoms with Gasteiger partial charge in [0.05, 0.1) is 23.0 Å². The molecule has 1 heterocycles. The standard InChI is InChI=1S/C14H17ClFN3/c1-4-11-14(15)13(19(3)18-11)8-17-12-6-5-10(16)7-9(12)2/h5-7,17H,4,8H2,1-3H3. The SMILES string of the molecule is CCc1nn(C)c(CNc2ccc(F)cc2C)c1Cl. The van der Waals surface area contributed by atoms with Gasteiger partial charge in [0.2, 0.25) is 0 Å². The first kappa shape index (κ1) is 13.9. The van der Waals surface area contributed by atoms with E-state index in [4.69, 9.17) is 11.6 Å². The molecule has 0 aliphatic carbocycles. The summed E-state index contributed by atoms with van der Waals surface area (Å²) in [6.45, 7) is 4.46. The van der Waals surface area contributed by atoms with Crippen LogP contribution in [0.25, 0.3) is 0 Å². The van der Waals surface area contributed by atoms with Gasteiger partial charge in [-0.1, -0.05) is 18.5 Å². The van der Waals surface area contributed by atoms with E-state index in [9.17, 15) is 4.39 Å². The lowest BCUT2D eigenvalue weighted by molar-refractivity contribution is 0.626. The van der Waals surface area contributed by atoms with E-state index in [0.29, 0.717) is 11.6 Å². The van der Waals surface area contributed by atoms with Crippen LogP contribution in [0.5, 0.6) is 0 Å². The topological polar surface area (TPSA) is 29.9 Å². The second-order valence-corrected chi connectivity index (χ2v) is 4.88. The van der Waals surface area contributed by atoms with Crippen molar-refractivity contribution in [1.29, 1.82) is 0 Å². The molecule has 0 unspecified atom stereocenters. The smallest absolute Gasteiger partial charge is 0.123 e. The summed E-state index contributed by atoms with van der Waals surface area (Å²) in [6, 6.07) is 4.68. The molecule has 1 N–H and O–H groups in total. The van der Waals surface area contributed by atoms with Gasteiger partial charge in [-0.25, -0.2) is 4.39 Å². The fraction of sp³-hybridized carbons (Fsp3) is 0.357. The number of hydrogen-bond acceptors (Lipinski definition) is 2. The van der Waals surface area contributed by atoms with Crippen molar-refractivity contribution in [1.82, 2.24) is 9.78 Å². The first-order chi connectivity index (χ1) is 9.02. The summed E-state index contributed by atoms with van der Waals surface area (Å²) >= 11 is 6.28. The molecule has 1 aromatic carbocycles. The molecule has 0 saturated heterocycles. The summed E-state index contributed by atoms with van der Waals surface area (Å²) in [4.78, 5) is 0. The van der Waals surface area contributed by atoms with Crippen LogP contribution in [0.1, 0.15) is 23.9 Å². The average Bonchev–Trinajstić information content (AvgIpc) is 2.64. The van der Waals surface area contributed by atoms with Crippen molar-refractivity contribution in [2.24, 2.45) is 7.05 Å². The van der Waals surface area contributed by atoms with Crippen molar-refractivity contribution in [2.45, 2.75) is 26.8 Å². The van der Waals surface area contributed by atoms with E-state index in [1.54, 1.807) is 10.7 Å². The molecule has 0 saturated carbocycles. The molecule has 0 bridgehead atoms. The molecule has 0 fully saturated rings. The second-order valence-electron chi connectivity index (χ2n) is 4.50. The molecule has 0 amide bonds. The molecular weight excluding hydrogens is 265 g/mol. The Morgan fingerprint density at radius 3 is 2.74 bits per heavy atom. The van der Waals surface area contributed by atoms with Gasteiger partial charge >= 0.3 is 0 Å². The number of aromatic nitrogens is 2. The Morgan fingerprint density at radius 1 is 1.42 bits per heavy atom. The van der Waals surface area contributed by atoms with E-state index >= 15 is 0 Å².